The van der Waals surface area contributed by atoms with E-state index in [-0.39, 0.29) is 6.42 Å². The summed E-state index contributed by atoms with van der Waals surface area (Å²) in [6.45, 7) is 0. The molecule has 0 aliphatic rings. The van der Waals surface area contributed by atoms with Crippen LogP contribution < -0.4 is 5.73 Å². The number of nitrogens with two attached hydrogens (primary N) is 1. The molecule has 14 heavy (non-hydrogen) atoms. The minimum absolute atomic E-state index is 0.142. The predicted molar refractivity (Wildman–Crippen MR) is 55.6 cm³/mol. The number of hydrogen-bond donors (Lipinski definition) is 2. The summed E-state index contributed by atoms with van der Waals surface area (Å²) in [4.78, 5) is 10.4. The SMILES string of the molecule is N[C@H](CC(=O)O)c1cc(Cl)cc(Cl)c1. The van der Waals surface area contributed by atoms with E-state index >= 15 is 0 Å². The lowest BCUT2D eigenvalue weighted by Gasteiger charge is -2.09. The molecule has 0 unspecified atom stereocenters. The fraction of sp³-hybridized carbons (Fsp3) is 0.222. The summed E-state index contributed by atoms with van der Waals surface area (Å²) in [5, 5.41) is 9.44. The van der Waals surface area contributed by atoms with E-state index in [1.807, 2.05) is 0 Å². The van der Waals surface area contributed by atoms with Gasteiger partial charge in [0.15, 0.2) is 0 Å². The van der Waals surface area contributed by atoms with E-state index in [2.05, 4.69) is 0 Å². The second kappa shape index (κ2) is 4.64. The summed E-state index contributed by atoms with van der Waals surface area (Å²) >= 11 is 11.5. The van der Waals surface area contributed by atoms with E-state index in [4.69, 9.17) is 34.0 Å². The Labute approximate surface area is 91.4 Å². The summed E-state index contributed by atoms with van der Waals surface area (Å²) in [6.07, 6.45) is -0.142. The van der Waals surface area contributed by atoms with Crippen molar-refractivity contribution in [1.29, 1.82) is 0 Å². The van der Waals surface area contributed by atoms with Crippen molar-refractivity contribution in [1.82, 2.24) is 0 Å². The predicted octanol–water partition coefficient (Wildman–Crippen LogP) is 2.47. The highest BCUT2D eigenvalue weighted by atomic mass is 35.5. The molecule has 0 fully saturated rings. The molecular formula is C9H9Cl2NO2. The van der Waals surface area contributed by atoms with Crippen LogP contribution in [0.25, 0.3) is 0 Å². The van der Waals surface area contributed by atoms with Crippen molar-refractivity contribution in [3.8, 4) is 0 Å². The van der Waals surface area contributed by atoms with Gasteiger partial charge in [-0.25, -0.2) is 0 Å². The Morgan fingerprint density at radius 3 is 2.29 bits per heavy atom. The molecule has 0 saturated heterocycles. The van der Waals surface area contributed by atoms with E-state index < -0.39 is 12.0 Å². The molecular weight excluding hydrogens is 225 g/mol. The van der Waals surface area contributed by atoms with Gasteiger partial charge in [0.1, 0.15) is 0 Å². The minimum Gasteiger partial charge on any atom is -0.481 e. The third-order valence-corrected chi connectivity index (χ3v) is 2.14. The molecule has 0 aliphatic carbocycles. The fourth-order valence-electron chi connectivity index (χ4n) is 1.10. The molecule has 0 saturated carbocycles. The summed E-state index contributed by atoms with van der Waals surface area (Å²) in [5.74, 6) is -0.950. The van der Waals surface area contributed by atoms with Gasteiger partial charge in [0, 0.05) is 16.1 Å². The average molecular weight is 234 g/mol. The fourth-order valence-corrected chi connectivity index (χ4v) is 1.64. The van der Waals surface area contributed by atoms with E-state index in [0.717, 1.165) is 0 Å². The maximum Gasteiger partial charge on any atom is 0.305 e. The van der Waals surface area contributed by atoms with E-state index in [1.165, 1.54) is 0 Å². The zero-order valence-electron chi connectivity index (χ0n) is 7.21. The first-order valence-electron chi connectivity index (χ1n) is 3.92. The molecule has 0 bridgehead atoms. The van der Waals surface area contributed by atoms with Gasteiger partial charge < -0.3 is 10.8 Å². The van der Waals surface area contributed by atoms with Gasteiger partial charge in [-0.2, -0.15) is 0 Å². The van der Waals surface area contributed by atoms with Crippen molar-refractivity contribution in [2.24, 2.45) is 5.73 Å². The minimum atomic E-state index is -0.950. The van der Waals surface area contributed by atoms with Gasteiger partial charge in [-0.15, -0.1) is 0 Å². The molecule has 0 amide bonds. The Balaban J connectivity index is 2.89. The Morgan fingerprint density at radius 2 is 1.86 bits per heavy atom. The van der Waals surface area contributed by atoms with Crippen LogP contribution >= 0.6 is 23.2 Å². The smallest absolute Gasteiger partial charge is 0.305 e. The lowest BCUT2D eigenvalue weighted by Crippen LogP contribution is -2.14. The van der Waals surface area contributed by atoms with Crippen LogP contribution in [0.1, 0.15) is 18.0 Å². The molecule has 0 heterocycles. The van der Waals surface area contributed by atoms with Gasteiger partial charge in [0.05, 0.1) is 6.42 Å². The first-order chi connectivity index (χ1) is 6.49. The normalized spacial score (nSPS) is 12.5. The van der Waals surface area contributed by atoms with Crippen LogP contribution in [0.5, 0.6) is 0 Å². The molecule has 0 radical (unpaired) electrons. The molecule has 1 rings (SSSR count). The van der Waals surface area contributed by atoms with Gasteiger partial charge in [-0.1, -0.05) is 23.2 Å². The molecule has 1 atom stereocenters. The number of carboxylic acids is 1. The van der Waals surface area contributed by atoms with E-state index in [9.17, 15) is 4.79 Å². The van der Waals surface area contributed by atoms with Crippen LogP contribution in [-0.4, -0.2) is 11.1 Å². The average Bonchev–Trinajstić information content (AvgIpc) is 2.00. The highest BCUT2D eigenvalue weighted by Crippen LogP contribution is 2.23. The maximum atomic E-state index is 10.4. The molecule has 3 nitrogen and oxygen atoms in total. The second-order valence-corrected chi connectivity index (χ2v) is 3.78. The molecule has 0 spiro atoms. The standard InChI is InChI=1S/C9H9Cl2NO2/c10-6-1-5(2-7(11)3-6)8(12)4-9(13)14/h1-3,8H,4,12H2,(H,13,14)/t8-/m1/s1. The van der Waals surface area contributed by atoms with Gasteiger partial charge in [-0.3, -0.25) is 4.79 Å². The Morgan fingerprint density at radius 1 is 1.36 bits per heavy atom. The van der Waals surface area contributed by atoms with Crippen molar-refractivity contribution < 1.29 is 9.90 Å². The zero-order chi connectivity index (χ0) is 10.7. The summed E-state index contributed by atoms with van der Waals surface area (Å²) in [5.41, 5.74) is 6.27. The molecule has 0 aromatic heterocycles. The summed E-state index contributed by atoms with van der Waals surface area (Å²) in [7, 11) is 0. The Bertz CT molecular complexity index is 334. The molecule has 0 aliphatic heterocycles. The number of aliphatic carboxylic acids is 1. The lowest BCUT2D eigenvalue weighted by molar-refractivity contribution is -0.137. The van der Waals surface area contributed by atoms with E-state index in [0.29, 0.717) is 15.6 Å². The topological polar surface area (TPSA) is 63.3 Å². The monoisotopic (exact) mass is 233 g/mol. The maximum absolute atomic E-state index is 10.4. The van der Waals surface area contributed by atoms with Gasteiger partial charge >= 0.3 is 5.97 Å². The summed E-state index contributed by atoms with van der Waals surface area (Å²) in [6, 6.07) is 4.21. The number of rotatable bonds is 3. The first-order valence-corrected chi connectivity index (χ1v) is 4.68. The lowest BCUT2D eigenvalue weighted by atomic mass is 10.1. The largest absolute Gasteiger partial charge is 0.481 e. The van der Waals surface area contributed by atoms with Crippen molar-refractivity contribution in [3.63, 3.8) is 0 Å². The molecule has 76 valence electrons. The third kappa shape index (κ3) is 3.18. The van der Waals surface area contributed by atoms with Gasteiger partial charge in [0.2, 0.25) is 0 Å². The Kier molecular flexibility index (Phi) is 3.75. The van der Waals surface area contributed by atoms with Gasteiger partial charge in [0.25, 0.3) is 0 Å². The van der Waals surface area contributed by atoms with Crippen LogP contribution in [0.4, 0.5) is 0 Å². The van der Waals surface area contributed by atoms with Crippen LogP contribution in [0.2, 0.25) is 10.0 Å². The van der Waals surface area contributed by atoms with Crippen molar-refractivity contribution >= 4 is 29.2 Å². The number of hydrogen-bond acceptors (Lipinski definition) is 2. The van der Waals surface area contributed by atoms with E-state index in [1.54, 1.807) is 18.2 Å². The highest BCUT2D eigenvalue weighted by Gasteiger charge is 2.11. The van der Waals surface area contributed by atoms with Crippen molar-refractivity contribution in [2.75, 3.05) is 0 Å². The number of carboxylic acid groups (broad SMARTS) is 1. The second-order valence-electron chi connectivity index (χ2n) is 2.91. The quantitative estimate of drug-likeness (QED) is 0.844. The summed E-state index contributed by atoms with van der Waals surface area (Å²) < 4.78 is 0. The van der Waals surface area contributed by atoms with Crippen LogP contribution in [0.15, 0.2) is 18.2 Å². The number of carbonyl (C=O) groups is 1. The molecule has 1 aromatic carbocycles. The van der Waals surface area contributed by atoms with Crippen molar-refractivity contribution in [2.45, 2.75) is 12.5 Å². The highest BCUT2D eigenvalue weighted by molar-refractivity contribution is 6.34. The molecule has 1 aromatic rings. The number of halogens is 2. The molecule has 3 N–H and O–H groups in total. The zero-order valence-corrected chi connectivity index (χ0v) is 8.72. The third-order valence-electron chi connectivity index (χ3n) is 1.71. The van der Waals surface area contributed by atoms with Crippen LogP contribution in [-0.2, 0) is 4.79 Å². The Hall–Kier alpha value is -0.770. The molecule has 5 heteroatoms. The van der Waals surface area contributed by atoms with Crippen molar-refractivity contribution in [3.05, 3.63) is 33.8 Å². The van der Waals surface area contributed by atoms with Gasteiger partial charge in [-0.05, 0) is 23.8 Å². The van der Waals surface area contributed by atoms with Crippen LogP contribution in [0.3, 0.4) is 0 Å². The first kappa shape index (κ1) is 11.3. The van der Waals surface area contributed by atoms with Crippen LogP contribution in [0, 0.1) is 0 Å². The number of benzene rings is 1.